The lowest BCUT2D eigenvalue weighted by Gasteiger charge is -2.08. The number of nitriles is 1. The second kappa shape index (κ2) is 8.42. The topological polar surface area (TPSA) is 146 Å². The van der Waals surface area contributed by atoms with Crippen LogP contribution in [0.2, 0.25) is 0 Å². The standard InChI is InChI=1S/C19H16N6O3S2/c1-2-9-25-15-8-7-12(11-20)10-13(15)17(18(25)26)23-24-19(29)22-14-5-3-4-6-16(14)30(21,27)28/h2-8,10,26H,1,9H2,(H,22,29)(H2,21,27,28). The monoisotopic (exact) mass is 440 g/mol. The van der Waals surface area contributed by atoms with Crippen LogP contribution in [-0.2, 0) is 16.6 Å². The van der Waals surface area contributed by atoms with Crippen molar-refractivity contribution < 1.29 is 13.5 Å². The second-order valence-electron chi connectivity index (χ2n) is 6.09. The number of aromatic nitrogens is 1. The van der Waals surface area contributed by atoms with E-state index in [4.69, 9.17) is 22.6 Å². The van der Waals surface area contributed by atoms with Gasteiger partial charge in [-0.3, -0.25) is 0 Å². The molecule has 0 amide bonds. The highest BCUT2D eigenvalue weighted by Crippen LogP contribution is 2.39. The molecule has 3 aromatic rings. The van der Waals surface area contributed by atoms with E-state index in [1.807, 2.05) is 6.07 Å². The first-order chi connectivity index (χ1) is 14.3. The lowest BCUT2D eigenvalue weighted by Crippen LogP contribution is -2.16. The Bertz CT molecular complexity index is 1340. The van der Waals surface area contributed by atoms with Crippen LogP contribution in [-0.4, -0.2) is 23.2 Å². The molecule has 0 unspecified atom stereocenters. The van der Waals surface area contributed by atoms with Gasteiger partial charge in [0.15, 0.2) is 5.69 Å². The number of thiocarbonyl (C=S) groups is 1. The largest absolute Gasteiger partial charge is 0.493 e. The maximum atomic E-state index is 11.7. The van der Waals surface area contributed by atoms with Crippen molar-refractivity contribution >= 4 is 49.6 Å². The summed E-state index contributed by atoms with van der Waals surface area (Å²) in [5.41, 5.74) is 1.29. The number of sulfonamides is 1. The van der Waals surface area contributed by atoms with Crippen molar-refractivity contribution in [3.05, 3.63) is 60.7 Å². The molecule has 9 nitrogen and oxygen atoms in total. The number of hydrogen-bond donors (Lipinski definition) is 3. The predicted octanol–water partition coefficient (Wildman–Crippen LogP) is 3.53. The molecule has 0 bridgehead atoms. The van der Waals surface area contributed by atoms with E-state index in [1.165, 1.54) is 18.2 Å². The van der Waals surface area contributed by atoms with Gasteiger partial charge in [-0.2, -0.15) is 5.26 Å². The summed E-state index contributed by atoms with van der Waals surface area (Å²) in [4.78, 5) is -0.147. The Morgan fingerprint density at radius 1 is 1.37 bits per heavy atom. The number of allylic oxidation sites excluding steroid dienone is 1. The number of nitrogens with zero attached hydrogens (tertiary/aromatic N) is 4. The van der Waals surface area contributed by atoms with Crippen molar-refractivity contribution in [3.63, 3.8) is 0 Å². The molecule has 0 aliphatic heterocycles. The zero-order valence-electron chi connectivity index (χ0n) is 15.5. The molecule has 3 rings (SSSR count). The Morgan fingerprint density at radius 3 is 2.77 bits per heavy atom. The van der Waals surface area contributed by atoms with Crippen LogP contribution in [0, 0.1) is 11.3 Å². The Hall–Kier alpha value is -3.59. The van der Waals surface area contributed by atoms with Crippen molar-refractivity contribution in [3.8, 4) is 11.9 Å². The number of rotatable bonds is 5. The minimum Gasteiger partial charge on any atom is -0.493 e. The molecular formula is C19H16N6O3S2. The number of para-hydroxylation sites is 1. The average Bonchev–Trinajstić information content (AvgIpc) is 2.96. The lowest BCUT2D eigenvalue weighted by atomic mass is 10.1. The molecule has 11 heteroatoms. The van der Waals surface area contributed by atoms with Crippen LogP contribution in [0.15, 0.2) is 70.2 Å². The summed E-state index contributed by atoms with van der Waals surface area (Å²) in [6.07, 6.45) is 1.61. The lowest BCUT2D eigenvalue weighted by molar-refractivity contribution is 0.431. The van der Waals surface area contributed by atoms with Gasteiger partial charge in [0.2, 0.25) is 21.0 Å². The first-order valence-electron chi connectivity index (χ1n) is 8.47. The van der Waals surface area contributed by atoms with Crippen molar-refractivity contribution in [2.75, 3.05) is 5.32 Å². The summed E-state index contributed by atoms with van der Waals surface area (Å²) in [6.45, 7) is 3.98. The van der Waals surface area contributed by atoms with Crippen LogP contribution in [0.25, 0.3) is 10.9 Å². The third kappa shape index (κ3) is 4.20. The number of primary sulfonamides is 1. The second-order valence-corrected chi connectivity index (χ2v) is 8.00. The molecule has 4 N–H and O–H groups in total. The molecule has 0 saturated heterocycles. The highest BCUT2D eigenvalue weighted by molar-refractivity contribution is 7.89. The molecule has 0 spiro atoms. The van der Waals surface area contributed by atoms with E-state index < -0.39 is 10.0 Å². The van der Waals surface area contributed by atoms with Crippen molar-refractivity contribution in [1.82, 2.24) is 4.57 Å². The van der Waals surface area contributed by atoms with E-state index in [-0.39, 0.29) is 27.3 Å². The Kier molecular flexibility index (Phi) is 5.93. The molecule has 0 aliphatic carbocycles. The molecule has 1 heterocycles. The first kappa shape index (κ1) is 21.1. The molecule has 30 heavy (non-hydrogen) atoms. The minimum atomic E-state index is -3.97. The smallest absolute Gasteiger partial charge is 0.240 e. The van der Waals surface area contributed by atoms with Crippen LogP contribution in [0.1, 0.15) is 5.56 Å². The van der Waals surface area contributed by atoms with Crippen LogP contribution in [0.4, 0.5) is 11.4 Å². The fraction of sp³-hybridized carbons (Fsp3) is 0.0526. The summed E-state index contributed by atoms with van der Waals surface area (Å²) >= 11 is 5.13. The Balaban J connectivity index is 1.99. The van der Waals surface area contributed by atoms with Gasteiger partial charge in [-0.25, -0.2) is 13.6 Å². The summed E-state index contributed by atoms with van der Waals surface area (Å²) in [6, 6.07) is 12.9. The highest BCUT2D eigenvalue weighted by atomic mass is 32.2. The van der Waals surface area contributed by atoms with Crippen LogP contribution < -0.4 is 10.5 Å². The molecular weight excluding hydrogens is 424 g/mol. The summed E-state index contributed by atoms with van der Waals surface area (Å²) < 4.78 is 25.0. The normalized spacial score (nSPS) is 11.5. The van der Waals surface area contributed by atoms with Gasteiger partial charge < -0.3 is 15.0 Å². The van der Waals surface area contributed by atoms with Gasteiger partial charge in [0, 0.05) is 11.9 Å². The first-order valence-corrected chi connectivity index (χ1v) is 10.4. The highest BCUT2D eigenvalue weighted by Gasteiger charge is 2.17. The van der Waals surface area contributed by atoms with Crippen LogP contribution >= 0.6 is 12.2 Å². The number of nitrogens with two attached hydrogens (primary N) is 1. The number of fused-ring (bicyclic) bond motifs is 1. The van der Waals surface area contributed by atoms with Gasteiger partial charge in [-0.15, -0.1) is 16.8 Å². The predicted molar refractivity (Wildman–Crippen MR) is 117 cm³/mol. The van der Waals surface area contributed by atoms with Gasteiger partial charge in [0.25, 0.3) is 0 Å². The van der Waals surface area contributed by atoms with E-state index in [9.17, 15) is 13.5 Å². The summed E-state index contributed by atoms with van der Waals surface area (Å²) in [7, 11) is -3.97. The number of benzene rings is 2. The maximum absolute atomic E-state index is 11.7. The molecule has 152 valence electrons. The van der Waals surface area contributed by atoms with Crippen molar-refractivity contribution in [2.24, 2.45) is 15.4 Å². The average molecular weight is 441 g/mol. The number of nitrogens with one attached hydrogen (secondary N) is 1. The zero-order chi connectivity index (χ0) is 21.9. The molecule has 0 fully saturated rings. The van der Waals surface area contributed by atoms with Crippen molar-refractivity contribution in [2.45, 2.75) is 11.4 Å². The third-order valence-electron chi connectivity index (χ3n) is 4.13. The molecule has 0 atom stereocenters. The summed E-state index contributed by atoms with van der Waals surface area (Å²) in [5.74, 6) is -0.170. The van der Waals surface area contributed by atoms with E-state index in [2.05, 4.69) is 22.1 Å². The number of azo groups is 1. The molecule has 1 aromatic heterocycles. The van der Waals surface area contributed by atoms with Gasteiger partial charge in [0.1, 0.15) is 4.90 Å². The fourth-order valence-corrected chi connectivity index (χ4v) is 3.70. The van der Waals surface area contributed by atoms with Gasteiger partial charge in [-0.05, 0) is 42.5 Å². The zero-order valence-corrected chi connectivity index (χ0v) is 17.1. The SMILES string of the molecule is C=CCn1c(O)c(N=NC(=S)Nc2ccccc2S(N)(=O)=O)c2cc(C#N)ccc21. The molecule has 0 radical (unpaired) electrons. The number of anilines is 1. The summed E-state index contributed by atoms with van der Waals surface area (Å²) in [5, 5.41) is 35.9. The van der Waals surface area contributed by atoms with E-state index in [1.54, 1.807) is 34.9 Å². The van der Waals surface area contributed by atoms with Gasteiger partial charge in [0.05, 0.1) is 22.8 Å². The van der Waals surface area contributed by atoms with Gasteiger partial charge >= 0.3 is 0 Å². The molecule has 0 aliphatic rings. The molecule has 2 aromatic carbocycles. The third-order valence-corrected chi connectivity index (χ3v) is 5.28. The Morgan fingerprint density at radius 2 is 2.10 bits per heavy atom. The molecule has 0 saturated carbocycles. The van der Waals surface area contributed by atoms with E-state index in [0.717, 1.165) is 0 Å². The Labute approximate surface area is 177 Å². The van der Waals surface area contributed by atoms with Gasteiger partial charge in [-0.1, -0.05) is 18.2 Å². The maximum Gasteiger partial charge on any atom is 0.240 e. The van der Waals surface area contributed by atoms with Crippen LogP contribution in [0.3, 0.4) is 0 Å². The van der Waals surface area contributed by atoms with Crippen LogP contribution in [0.5, 0.6) is 5.88 Å². The fourth-order valence-electron chi connectivity index (χ4n) is 2.86. The van der Waals surface area contributed by atoms with Crippen molar-refractivity contribution in [1.29, 1.82) is 5.26 Å². The minimum absolute atomic E-state index is 0.118. The van der Waals surface area contributed by atoms with E-state index >= 15 is 0 Å². The van der Waals surface area contributed by atoms with E-state index in [0.29, 0.717) is 23.0 Å². The number of hydrogen-bond acceptors (Lipinski definition) is 6. The number of aromatic hydroxyl groups is 1. The quantitative estimate of drug-likeness (QED) is 0.314.